The summed E-state index contributed by atoms with van der Waals surface area (Å²) in [5.41, 5.74) is 4.07. The number of piperazine rings is 1. The molecule has 3 N–H and O–H groups in total. The highest BCUT2D eigenvalue weighted by Crippen LogP contribution is 2.40. The molecule has 0 bridgehead atoms. The Morgan fingerprint density at radius 1 is 0.865 bits per heavy atom. The molecule has 1 amide bonds. The van der Waals surface area contributed by atoms with Crippen molar-refractivity contribution in [3.63, 3.8) is 0 Å². The molecule has 1 fully saturated rings. The van der Waals surface area contributed by atoms with E-state index in [1.807, 2.05) is 6.33 Å². The predicted octanol–water partition coefficient (Wildman–Crippen LogP) is 3.72. The molecule has 0 radical (unpaired) electrons. The van der Waals surface area contributed by atoms with Gasteiger partial charge in [0.2, 0.25) is 5.91 Å². The van der Waals surface area contributed by atoms with Crippen LogP contribution < -0.4 is 16.0 Å². The van der Waals surface area contributed by atoms with Crippen LogP contribution in [0.2, 0.25) is 0 Å². The fourth-order valence-electron chi connectivity index (χ4n) is 5.27. The van der Waals surface area contributed by atoms with E-state index < -0.39 is 5.54 Å². The molecule has 1 saturated heterocycles. The van der Waals surface area contributed by atoms with Gasteiger partial charge in [0.15, 0.2) is 0 Å². The monoisotopic (exact) mass is 493 g/mol. The Hall–Kier alpha value is -3.74. The van der Waals surface area contributed by atoms with E-state index in [0.717, 1.165) is 38.0 Å². The summed E-state index contributed by atoms with van der Waals surface area (Å²) < 4.78 is 2.26. The lowest BCUT2D eigenvalue weighted by molar-refractivity contribution is -0.123. The van der Waals surface area contributed by atoms with E-state index in [-0.39, 0.29) is 11.9 Å². The van der Waals surface area contributed by atoms with E-state index in [0.29, 0.717) is 13.1 Å². The van der Waals surface area contributed by atoms with Crippen molar-refractivity contribution in [1.82, 2.24) is 25.5 Å². The number of nitrogens with one attached hydrogen (secondary N) is 3. The summed E-state index contributed by atoms with van der Waals surface area (Å²) in [6.07, 6.45) is 6.89. The number of amides is 1. The molecule has 2 heterocycles. The Bertz CT molecular complexity index is 1150. The third-order valence-electron chi connectivity index (χ3n) is 7.11. The standard InChI is InChI=1S/C31H35N5O/c37-30(29-22-32-20-21-33-29)34-19-11-10-18-28-23-36(24-35-28)31(25-12-4-1-5-13-25,26-14-6-2-7-15-26)27-16-8-3-9-17-27/h1-9,12-17,23-24,29,32-33H,10-11,18-22H2,(H,34,37). The zero-order valence-corrected chi connectivity index (χ0v) is 21.1. The minimum atomic E-state index is -0.538. The molecule has 37 heavy (non-hydrogen) atoms. The molecule has 1 aromatic heterocycles. The summed E-state index contributed by atoms with van der Waals surface area (Å²) in [5.74, 6) is 0.0786. The van der Waals surface area contributed by atoms with Crippen LogP contribution in [-0.2, 0) is 16.8 Å². The molecule has 0 saturated carbocycles. The molecule has 4 aromatic rings. The number of rotatable bonds is 10. The number of hydrogen-bond acceptors (Lipinski definition) is 4. The van der Waals surface area contributed by atoms with Gasteiger partial charge in [-0.3, -0.25) is 4.79 Å². The van der Waals surface area contributed by atoms with E-state index in [1.165, 1.54) is 16.7 Å². The third-order valence-corrected chi connectivity index (χ3v) is 7.11. The van der Waals surface area contributed by atoms with E-state index >= 15 is 0 Å². The number of hydrogen-bond donors (Lipinski definition) is 3. The Balaban J connectivity index is 1.35. The lowest BCUT2D eigenvalue weighted by Crippen LogP contribution is -2.55. The number of imidazole rings is 1. The van der Waals surface area contributed by atoms with Crippen LogP contribution in [-0.4, -0.2) is 47.7 Å². The largest absolute Gasteiger partial charge is 0.355 e. The topological polar surface area (TPSA) is 71.0 Å². The van der Waals surface area contributed by atoms with E-state index in [9.17, 15) is 4.79 Å². The molecular formula is C31H35N5O. The maximum absolute atomic E-state index is 12.3. The molecule has 6 nitrogen and oxygen atoms in total. The Kier molecular flexibility index (Phi) is 8.08. The van der Waals surface area contributed by atoms with Crippen LogP contribution in [0.3, 0.4) is 0 Å². The second kappa shape index (κ2) is 12.0. The SMILES string of the molecule is O=C(NCCCCc1cn(C(c2ccccc2)(c2ccccc2)c2ccccc2)cn1)C1CNCCN1. The van der Waals surface area contributed by atoms with Gasteiger partial charge < -0.3 is 20.5 Å². The second-order valence-electron chi connectivity index (χ2n) is 9.54. The van der Waals surface area contributed by atoms with Crippen molar-refractivity contribution in [2.24, 2.45) is 0 Å². The van der Waals surface area contributed by atoms with Crippen molar-refractivity contribution in [3.8, 4) is 0 Å². The van der Waals surface area contributed by atoms with Gasteiger partial charge >= 0.3 is 0 Å². The van der Waals surface area contributed by atoms with Crippen molar-refractivity contribution in [2.75, 3.05) is 26.2 Å². The number of nitrogens with zero attached hydrogens (tertiary/aromatic N) is 2. The average Bonchev–Trinajstić information content (AvgIpc) is 3.44. The first-order valence-electron chi connectivity index (χ1n) is 13.2. The minimum absolute atomic E-state index is 0.0786. The summed E-state index contributed by atoms with van der Waals surface area (Å²) in [6.45, 7) is 3.11. The lowest BCUT2D eigenvalue weighted by Gasteiger charge is -2.37. The van der Waals surface area contributed by atoms with Crippen LogP contribution >= 0.6 is 0 Å². The van der Waals surface area contributed by atoms with Crippen molar-refractivity contribution in [1.29, 1.82) is 0 Å². The fraction of sp³-hybridized carbons (Fsp3) is 0.290. The molecule has 1 aliphatic heterocycles. The smallest absolute Gasteiger partial charge is 0.238 e. The van der Waals surface area contributed by atoms with Gasteiger partial charge in [0.05, 0.1) is 18.1 Å². The summed E-state index contributed by atoms with van der Waals surface area (Å²) in [7, 11) is 0. The van der Waals surface area contributed by atoms with E-state index in [2.05, 4.69) is 118 Å². The number of benzene rings is 3. The number of aromatic nitrogens is 2. The first-order valence-corrected chi connectivity index (χ1v) is 13.2. The minimum Gasteiger partial charge on any atom is -0.355 e. The third kappa shape index (κ3) is 5.50. The maximum atomic E-state index is 12.3. The Labute approximate surface area is 219 Å². The van der Waals surface area contributed by atoms with Gasteiger partial charge in [-0.05, 0) is 36.0 Å². The van der Waals surface area contributed by atoms with Crippen LogP contribution in [0.5, 0.6) is 0 Å². The van der Waals surface area contributed by atoms with Gasteiger partial charge in [-0.15, -0.1) is 0 Å². The summed E-state index contributed by atoms with van der Waals surface area (Å²) in [4.78, 5) is 17.1. The fourth-order valence-corrected chi connectivity index (χ4v) is 5.27. The van der Waals surface area contributed by atoms with Crippen molar-refractivity contribution >= 4 is 5.91 Å². The Morgan fingerprint density at radius 3 is 2.00 bits per heavy atom. The van der Waals surface area contributed by atoms with Gasteiger partial charge in [0.25, 0.3) is 0 Å². The summed E-state index contributed by atoms with van der Waals surface area (Å²) in [5, 5.41) is 9.58. The van der Waals surface area contributed by atoms with Crippen LogP contribution in [0, 0.1) is 0 Å². The first-order chi connectivity index (χ1) is 18.3. The molecule has 190 valence electrons. The molecule has 1 aliphatic rings. The zero-order valence-electron chi connectivity index (χ0n) is 21.1. The van der Waals surface area contributed by atoms with Gasteiger partial charge in [0.1, 0.15) is 5.54 Å². The van der Waals surface area contributed by atoms with Gasteiger partial charge in [-0.1, -0.05) is 91.0 Å². The molecule has 6 heteroatoms. The normalized spacial score (nSPS) is 15.8. The van der Waals surface area contributed by atoms with Gasteiger partial charge in [0, 0.05) is 32.4 Å². The number of unbranched alkanes of at least 4 members (excludes halogenated alkanes) is 1. The molecule has 0 spiro atoms. The lowest BCUT2D eigenvalue weighted by atomic mass is 9.77. The van der Waals surface area contributed by atoms with Gasteiger partial charge in [-0.2, -0.15) is 0 Å². The molecule has 1 atom stereocenters. The molecule has 0 aliphatic carbocycles. The highest BCUT2D eigenvalue weighted by Gasteiger charge is 2.38. The molecule has 1 unspecified atom stereocenters. The number of carbonyl (C=O) groups excluding carboxylic acids is 1. The highest BCUT2D eigenvalue weighted by atomic mass is 16.2. The first kappa shape index (κ1) is 24.9. The number of aryl methyl sites for hydroxylation is 1. The average molecular weight is 494 g/mol. The highest BCUT2D eigenvalue weighted by molar-refractivity contribution is 5.82. The molecule has 5 rings (SSSR count). The quantitative estimate of drug-likeness (QED) is 0.233. The van der Waals surface area contributed by atoms with Gasteiger partial charge in [-0.25, -0.2) is 4.98 Å². The second-order valence-corrected chi connectivity index (χ2v) is 9.54. The van der Waals surface area contributed by atoms with Crippen molar-refractivity contribution in [3.05, 3.63) is 126 Å². The summed E-state index contributed by atoms with van der Waals surface area (Å²) in [6, 6.07) is 31.8. The van der Waals surface area contributed by atoms with Crippen LogP contribution in [0.1, 0.15) is 35.2 Å². The van der Waals surface area contributed by atoms with E-state index in [4.69, 9.17) is 4.98 Å². The van der Waals surface area contributed by atoms with Crippen LogP contribution in [0.4, 0.5) is 0 Å². The molecule has 3 aromatic carbocycles. The van der Waals surface area contributed by atoms with Crippen molar-refractivity contribution < 1.29 is 4.79 Å². The predicted molar refractivity (Wildman–Crippen MR) is 147 cm³/mol. The summed E-state index contributed by atoms with van der Waals surface area (Å²) >= 11 is 0. The van der Waals surface area contributed by atoms with Crippen molar-refractivity contribution in [2.45, 2.75) is 30.8 Å². The molecular weight excluding hydrogens is 458 g/mol. The van der Waals surface area contributed by atoms with Crippen LogP contribution in [0.15, 0.2) is 104 Å². The van der Waals surface area contributed by atoms with Crippen LogP contribution in [0.25, 0.3) is 0 Å². The van der Waals surface area contributed by atoms with E-state index in [1.54, 1.807) is 0 Å². The maximum Gasteiger partial charge on any atom is 0.238 e. The number of carbonyl (C=O) groups is 1. The zero-order chi connectivity index (χ0) is 25.3. The Morgan fingerprint density at radius 2 is 1.46 bits per heavy atom.